The molecule has 1 unspecified atom stereocenters. The highest BCUT2D eigenvalue weighted by atomic mass is 32.2. The summed E-state index contributed by atoms with van der Waals surface area (Å²) in [5.41, 5.74) is 6.55. The Hall–Kier alpha value is -2.38. The van der Waals surface area contributed by atoms with Crippen LogP contribution in [0.2, 0.25) is 0 Å². The van der Waals surface area contributed by atoms with Crippen molar-refractivity contribution in [3.05, 3.63) is 60.2 Å². The summed E-state index contributed by atoms with van der Waals surface area (Å²) in [6, 6.07) is 14.4. The molecule has 0 radical (unpaired) electrons. The van der Waals surface area contributed by atoms with E-state index in [1.54, 1.807) is 42.5 Å². The van der Waals surface area contributed by atoms with E-state index in [9.17, 15) is 13.2 Å². The van der Waals surface area contributed by atoms with E-state index in [0.29, 0.717) is 17.8 Å². The van der Waals surface area contributed by atoms with Crippen LogP contribution in [0.4, 0.5) is 5.69 Å². The van der Waals surface area contributed by atoms with E-state index in [4.69, 9.17) is 5.73 Å². The number of carbonyl (C=O) groups is 1. The monoisotopic (exact) mass is 375 g/mol. The van der Waals surface area contributed by atoms with Gasteiger partial charge >= 0.3 is 0 Å². The first-order valence-corrected chi connectivity index (χ1v) is 10.1. The maximum atomic E-state index is 12.3. The predicted octanol–water partition coefficient (Wildman–Crippen LogP) is 2.73. The quantitative estimate of drug-likeness (QED) is 0.627. The van der Waals surface area contributed by atoms with Crippen LogP contribution in [0.15, 0.2) is 59.5 Å². The molecule has 6 nitrogen and oxygen atoms in total. The Morgan fingerprint density at radius 1 is 1.08 bits per heavy atom. The molecule has 0 aliphatic rings. The molecule has 0 saturated carbocycles. The van der Waals surface area contributed by atoms with Crippen LogP contribution >= 0.6 is 0 Å². The summed E-state index contributed by atoms with van der Waals surface area (Å²) >= 11 is 0. The first kappa shape index (κ1) is 19.9. The number of hydrogen-bond acceptors (Lipinski definition) is 4. The van der Waals surface area contributed by atoms with E-state index in [2.05, 4.69) is 17.0 Å². The van der Waals surface area contributed by atoms with Crippen molar-refractivity contribution in [1.82, 2.24) is 5.32 Å². The fraction of sp³-hybridized carbons (Fsp3) is 0.316. The minimum atomic E-state index is -3.65. The van der Waals surface area contributed by atoms with Crippen LogP contribution in [0.3, 0.4) is 0 Å². The van der Waals surface area contributed by atoms with Gasteiger partial charge < -0.3 is 11.1 Å². The van der Waals surface area contributed by atoms with Crippen LogP contribution in [0, 0.1) is 0 Å². The van der Waals surface area contributed by atoms with Gasteiger partial charge in [0.1, 0.15) is 0 Å². The molecule has 1 amide bonds. The number of rotatable bonds is 9. The lowest BCUT2D eigenvalue weighted by Gasteiger charge is -2.16. The van der Waals surface area contributed by atoms with Gasteiger partial charge in [-0.1, -0.05) is 38.0 Å². The van der Waals surface area contributed by atoms with Crippen LogP contribution < -0.4 is 15.8 Å². The smallest absolute Gasteiger partial charge is 0.261 e. The maximum absolute atomic E-state index is 12.3. The molecule has 0 bridgehead atoms. The molecule has 1 atom stereocenters. The number of hydrogen-bond donors (Lipinski definition) is 3. The maximum Gasteiger partial charge on any atom is 0.261 e. The number of unbranched alkanes of at least 4 members (excludes halogenated alkanes) is 1. The van der Waals surface area contributed by atoms with Gasteiger partial charge in [-0.15, -0.1) is 0 Å². The Kier molecular flexibility index (Phi) is 7.17. The summed E-state index contributed by atoms with van der Waals surface area (Å²) in [4.78, 5) is 12.5. The van der Waals surface area contributed by atoms with E-state index in [1.165, 1.54) is 12.1 Å². The second-order valence-electron chi connectivity index (χ2n) is 6.04. The topological polar surface area (TPSA) is 101 Å². The normalized spacial score (nSPS) is 12.4. The molecule has 0 heterocycles. The molecule has 140 valence electrons. The van der Waals surface area contributed by atoms with Crippen LogP contribution in [-0.2, 0) is 10.0 Å². The number of benzene rings is 2. The first-order valence-electron chi connectivity index (χ1n) is 8.65. The first-order chi connectivity index (χ1) is 12.5. The molecule has 2 aromatic rings. The van der Waals surface area contributed by atoms with Crippen molar-refractivity contribution in [1.29, 1.82) is 0 Å². The van der Waals surface area contributed by atoms with E-state index in [-0.39, 0.29) is 16.8 Å². The number of amides is 1. The number of sulfonamides is 1. The van der Waals surface area contributed by atoms with Gasteiger partial charge in [-0.2, -0.15) is 0 Å². The minimum absolute atomic E-state index is 0.0568. The number of nitrogens with one attached hydrogen (secondary N) is 2. The third-order valence-electron chi connectivity index (χ3n) is 3.98. The van der Waals surface area contributed by atoms with Crippen molar-refractivity contribution >= 4 is 21.6 Å². The van der Waals surface area contributed by atoms with Crippen molar-refractivity contribution in [3.8, 4) is 0 Å². The van der Waals surface area contributed by atoms with E-state index in [1.807, 2.05) is 0 Å². The molecule has 26 heavy (non-hydrogen) atoms. The SMILES string of the molecule is CCCCC(CN)NC(=O)c1ccc(NS(=O)(=O)c2ccccc2)cc1. The second kappa shape index (κ2) is 9.35. The zero-order valence-corrected chi connectivity index (χ0v) is 15.6. The highest BCUT2D eigenvalue weighted by Crippen LogP contribution is 2.16. The third kappa shape index (κ3) is 5.57. The van der Waals surface area contributed by atoms with Gasteiger partial charge in [-0.25, -0.2) is 8.42 Å². The highest BCUT2D eigenvalue weighted by Gasteiger charge is 2.15. The summed E-state index contributed by atoms with van der Waals surface area (Å²) in [6.07, 6.45) is 2.89. The highest BCUT2D eigenvalue weighted by molar-refractivity contribution is 7.92. The third-order valence-corrected chi connectivity index (χ3v) is 5.38. The predicted molar refractivity (Wildman–Crippen MR) is 104 cm³/mol. The molecule has 0 fully saturated rings. The van der Waals surface area contributed by atoms with Crippen LogP contribution in [0.25, 0.3) is 0 Å². The van der Waals surface area contributed by atoms with Crippen molar-refractivity contribution in [2.24, 2.45) is 5.73 Å². The van der Waals surface area contributed by atoms with Gasteiger partial charge in [0.05, 0.1) is 4.90 Å². The zero-order chi connectivity index (χ0) is 19.0. The Balaban J connectivity index is 2.02. The molecule has 0 spiro atoms. The Bertz CT molecular complexity index is 806. The van der Waals surface area contributed by atoms with Crippen molar-refractivity contribution < 1.29 is 13.2 Å². The lowest BCUT2D eigenvalue weighted by molar-refractivity contribution is 0.0936. The summed E-state index contributed by atoms with van der Waals surface area (Å²) in [5.74, 6) is -0.214. The zero-order valence-electron chi connectivity index (χ0n) is 14.8. The summed E-state index contributed by atoms with van der Waals surface area (Å²) in [6.45, 7) is 2.48. The molecular weight excluding hydrogens is 350 g/mol. The Morgan fingerprint density at radius 2 is 1.73 bits per heavy atom. The fourth-order valence-electron chi connectivity index (χ4n) is 2.47. The van der Waals surface area contributed by atoms with Gasteiger partial charge in [0.25, 0.3) is 15.9 Å². The molecule has 4 N–H and O–H groups in total. The van der Waals surface area contributed by atoms with Gasteiger partial charge in [0.15, 0.2) is 0 Å². The number of nitrogens with two attached hydrogens (primary N) is 1. The lowest BCUT2D eigenvalue weighted by atomic mass is 10.1. The molecule has 0 aliphatic heterocycles. The Morgan fingerprint density at radius 3 is 2.31 bits per heavy atom. The van der Waals surface area contributed by atoms with E-state index in [0.717, 1.165) is 19.3 Å². The number of anilines is 1. The molecule has 2 rings (SSSR count). The lowest BCUT2D eigenvalue weighted by Crippen LogP contribution is -2.40. The van der Waals surface area contributed by atoms with Gasteiger partial charge in [0, 0.05) is 23.8 Å². The standard InChI is InChI=1S/C19H25N3O3S/c1-2-3-7-17(14-20)21-19(23)15-10-12-16(13-11-15)22-26(24,25)18-8-5-4-6-9-18/h4-6,8-13,17,22H,2-3,7,14,20H2,1H3,(H,21,23). The van der Waals surface area contributed by atoms with Crippen molar-refractivity contribution in [2.75, 3.05) is 11.3 Å². The summed E-state index contributed by atoms with van der Waals surface area (Å²) in [7, 11) is -3.65. The average molecular weight is 375 g/mol. The van der Waals surface area contributed by atoms with Gasteiger partial charge in [-0.3, -0.25) is 9.52 Å². The van der Waals surface area contributed by atoms with Crippen molar-refractivity contribution in [2.45, 2.75) is 37.1 Å². The van der Waals surface area contributed by atoms with Crippen molar-refractivity contribution in [3.63, 3.8) is 0 Å². The molecule has 2 aromatic carbocycles. The summed E-state index contributed by atoms with van der Waals surface area (Å²) < 4.78 is 27.1. The second-order valence-corrected chi connectivity index (χ2v) is 7.73. The largest absolute Gasteiger partial charge is 0.348 e. The number of carbonyl (C=O) groups excluding carboxylic acids is 1. The minimum Gasteiger partial charge on any atom is -0.348 e. The van der Waals surface area contributed by atoms with Gasteiger partial charge in [0.2, 0.25) is 0 Å². The molecule has 0 saturated heterocycles. The van der Waals surface area contributed by atoms with E-state index < -0.39 is 10.0 Å². The fourth-order valence-corrected chi connectivity index (χ4v) is 3.55. The molecular formula is C19H25N3O3S. The Labute approximate surface area is 154 Å². The average Bonchev–Trinajstić information content (AvgIpc) is 2.66. The van der Waals surface area contributed by atoms with Crippen LogP contribution in [0.1, 0.15) is 36.5 Å². The molecule has 0 aromatic heterocycles. The molecule has 0 aliphatic carbocycles. The van der Waals surface area contributed by atoms with Crippen LogP contribution in [-0.4, -0.2) is 26.9 Å². The summed E-state index contributed by atoms with van der Waals surface area (Å²) in [5, 5.41) is 2.91. The van der Waals surface area contributed by atoms with E-state index >= 15 is 0 Å². The van der Waals surface area contributed by atoms with Crippen LogP contribution in [0.5, 0.6) is 0 Å². The molecule has 7 heteroatoms. The van der Waals surface area contributed by atoms with Gasteiger partial charge in [-0.05, 0) is 42.8 Å².